The van der Waals surface area contributed by atoms with Gasteiger partial charge < -0.3 is 20.1 Å². The number of thiocarbonyl (C=S) groups is 1. The number of benzene rings is 1. The van der Waals surface area contributed by atoms with Crippen molar-refractivity contribution >= 4 is 17.4 Å². The molecule has 0 spiro atoms. The molecule has 1 aliphatic rings. The third-order valence-corrected chi connectivity index (χ3v) is 3.93. The lowest BCUT2D eigenvalue weighted by Crippen LogP contribution is -2.54. The molecule has 0 radical (unpaired) electrons. The van der Waals surface area contributed by atoms with E-state index in [9.17, 15) is 15.3 Å². The minimum atomic E-state index is -1.19. The summed E-state index contributed by atoms with van der Waals surface area (Å²) in [6, 6.07) is 7.27. The van der Waals surface area contributed by atoms with Gasteiger partial charge in [-0.15, -0.1) is 0 Å². The number of hydrogen-bond donors (Lipinski definition) is 3. The number of aliphatic imine (C=N–C) groups is 1. The van der Waals surface area contributed by atoms with E-state index in [1.807, 2.05) is 19.1 Å². The van der Waals surface area contributed by atoms with E-state index in [0.29, 0.717) is 18.7 Å². The highest BCUT2D eigenvalue weighted by atomic mass is 32.1. The van der Waals surface area contributed by atoms with E-state index in [2.05, 4.69) is 22.4 Å². The smallest absolute Gasteiger partial charge is 0.127 e. The maximum Gasteiger partial charge on any atom is 0.127 e. The Morgan fingerprint density at radius 3 is 2.48 bits per heavy atom. The predicted molar refractivity (Wildman–Crippen MR) is 81.4 cm³/mol. The third-order valence-electron chi connectivity index (χ3n) is 3.80. The highest BCUT2D eigenvalue weighted by molar-refractivity contribution is 7.78. The van der Waals surface area contributed by atoms with Gasteiger partial charge in [0.05, 0.1) is 17.8 Å². The maximum absolute atomic E-state index is 9.99. The summed E-state index contributed by atoms with van der Waals surface area (Å²) in [4.78, 5) is 3.85. The lowest BCUT2D eigenvalue weighted by molar-refractivity contribution is -0.147. The standard InChI is InChI=1S/C15H19NO4S/c1-9-6-12(14(18)15(19)13(9)17)20-11-4-2-10(3-5-11)7-16-8-21/h2-5,9,12-15,17-19H,6-7H2,1H3/t9-,12-,13+,14+,15-/m1/s1. The first-order valence-electron chi connectivity index (χ1n) is 6.86. The Hall–Kier alpha value is -1.30. The Bertz CT molecular complexity index is 515. The lowest BCUT2D eigenvalue weighted by atomic mass is 9.82. The number of aliphatic hydroxyl groups excluding tert-OH is 3. The molecule has 0 bridgehead atoms. The van der Waals surface area contributed by atoms with Gasteiger partial charge in [-0.2, -0.15) is 0 Å². The van der Waals surface area contributed by atoms with E-state index in [0.717, 1.165) is 5.56 Å². The quantitative estimate of drug-likeness (QED) is 0.574. The van der Waals surface area contributed by atoms with Crippen LogP contribution in [0.2, 0.25) is 0 Å². The van der Waals surface area contributed by atoms with Crippen molar-refractivity contribution in [3.05, 3.63) is 29.8 Å². The fourth-order valence-electron chi connectivity index (χ4n) is 2.49. The summed E-state index contributed by atoms with van der Waals surface area (Å²) in [6.07, 6.45) is -3.26. The summed E-state index contributed by atoms with van der Waals surface area (Å²) in [7, 11) is 0. The monoisotopic (exact) mass is 309 g/mol. The van der Waals surface area contributed by atoms with Crippen LogP contribution in [0, 0.1) is 5.92 Å². The van der Waals surface area contributed by atoms with E-state index in [1.54, 1.807) is 12.1 Å². The van der Waals surface area contributed by atoms with Crippen LogP contribution in [0.4, 0.5) is 0 Å². The van der Waals surface area contributed by atoms with Gasteiger partial charge in [0.25, 0.3) is 0 Å². The van der Waals surface area contributed by atoms with E-state index >= 15 is 0 Å². The number of ether oxygens (including phenoxy) is 1. The second kappa shape index (κ2) is 7.11. The summed E-state index contributed by atoms with van der Waals surface area (Å²) in [5, 5.41) is 31.8. The lowest BCUT2D eigenvalue weighted by Gasteiger charge is -2.39. The molecule has 114 valence electrons. The van der Waals surface area contributed by atoms with Crippen molar-refractivity contribution in [2.75, 3.05) is 0 Å². The Morgan fingerprint density at radius 2 is 1.86 bits per heavy atom. The molecule has 21 heavy (non-hydrogen) atoms. The fourth-order valence-corrected chi connectivity index (χ4v) is 2.56. The Kier molecular flexibility index (Phi) is 5.45. The van der Waals surface area contributed by atoms with Crippen molar-refractivity contribution in [1.29, 1.82) is 0 Å². The second-order valence-corrected chi connectivity index (χ2v) is 5.58. The highest BCUT2D eigenvalue weighted by Crippen LogP contribution is 2.28. The summed E-state index contributed by atoms with van der Waals surface area (Å²) < 4.78 is 5.73. The van der Waals surface area contributed by atoms with Crippen LogP contribution < -0.4 is 4.74 Å². The molecule has 0 saturated heterocycles. The molecule has 5 atom stereocenters. The third kappa shape index (κ3) is 3.87. The van der Waals surface area contributed by atoms with Crippen LogP contribution in [0.5, 0.6) is 5.75 Å². The van der Waals surface area contributed by atoms with E-state index < -0.39 is 24.4 Å². The molecule has 6 heteroatoms. The Labute approximate surface area is 128 Å². The first-order valence-corrected chi connectivity index (χ1v) is 7.27. The summed E-state index contributed by atoms with van der Waals surface area (Å²) in [6.45, 7) is 2.29. The zero-order valence-electron chi connectivity index (χ0n) is 11.7. The molecule has 5 nitrogen and oxygen atoms in total. The highest BCUT2D eigenvalue weighted by Gasteiger charge is 2.41. The maximum atomic E-state index is 9.99. The molecule has 1 aromatic carbocycles. The molecule has 0 unspecified atom stereocenters. The fraction of sp³-hybridized carbons (Fsp3) is 0.533. The first-order chi connectivity index (χ1) is 10.0. The molecule has 0 aliphatic heterocycles. The van der Waals surface area contributed by atoms with Gasteiger partial charge in [0, 0.05) is 0 Å². The molecule has 2 rings (SSSR count). The molecule has 0 heterocycles. The van der Waals surface area contributed by atoms with Crippen LogP contribution in [0.3, 0.4) is 0 Å². The van der Waals surface area contributed by atoms with Gasteiger partial charge in [0.1, 0.15) is 24.1 Å². The summed E-state index contributed by atoms with van der Waals surface area (Å²) in [5.41, 5.74) is 0.979. The van der Waals surface area contributed by atoms with E-state index in [1.165, 1.54) is 0 Å². The molecule has 0 amide bonds. The summed E-state index contributed by atoms with van der Waals surface area (Å²) in [5.74, 6) is 0.467. The molecular formula is C15H19NO4S. The molecule has 1 fully saturated rings. The van der Waals surface area contributed by atoms with Crippen LogP contribution >= 0.6 is 12.2 Å². The zero-order valence-corrected chi connectivity index (χ0v) is 12.5. The van der Waals surface area contributed by atoms with Crippen LogP contribution in [-0.2, 0) is 6.54 Å². The Balaban J connectivity index is 2.02. The molecule has 1 saturated carbocycles. The van der Waals surface area contributed by atoms with Crippen molar-refractivity contribution in [1.82, 2.24) is 0 Å². The normalized spacial score (nSPS) is 32.3. The minimum Gasteiger partial charge on any atom is -0.488 e. The van der Waals surface area contributed by atoms with Crippen molar-refractivity contribution < 1.29 is 20.1 Å². The largest absolute Gasteiger partial charge is 0.488 e. The first kappa shape index (κ1) is 16.1. The van der Waals surface area contributed by atoms with Crippen molar-refractivity contribution in [2.24, 2.45) is 10.9 Å². The van der Waals surface area contributed by atoms with Crippen molar-refractivity contribution in [3.8, 4) is 5.75 Å². The van der Waals surface area contributed by atoms with Gasteiger partial charge in [0.2, 0.25) is 0 Å². The SMILES string of the molecule is C[C@@H]1C[C@@H](Oc2ccc(CN=C=S)cc2)[C@H](O)[C@H](O)[C@H]1O. The summed E-state index contributed by atoms with van der Waals surface area (Å²) >= 11 is 4.52. The molecule has 1 aromatic rings. The van der Waals surface area contributed by atoms with Crippen molar-refractivity contribution in [3.63, 3.8) is 0 Å². The van der Waals surface area contributed by atoms with Crippen LogP contribution in [0.15, 0.2) is 29.3 Å². The average Bonchev–Trinajstić information content (AvgIpc) is 2.50. The molecular weight excluding hydrogens is 290 g/mol. The molecule has 1 aliphatic carbocycles. The van der Waals surface area contributed by atoms with Gasteiger partial charge in [-0.1, -0.05) is 19.1 Å². The van der Waals surface area contributed by atoms with Crippen LogP contribution in [0.25, 0.3) is 0 Å². The number of aliphatic hydroxyl groups is 3. The van der Waals surface area contributed by atoms with Gasteiger partial charge >= 0.3 is 0 Å². The van der Waals surface area contributed by atoms with E-state index in [-0.39, 0.29) is 5.92 Å². The number of hydrogen-bond acceptors (Lipinski definition) is 6. The van der Waals surface area contributed by atoms with E-state index in [4.69, 9.17) is 4.74 Å². The number of nitrogens with zero attached hydrogens (tertiary/aromatic N) is 1. The van der Waals surface area contributed by atoms with Gasteiger partial charge in [-0.3, -0.25) is 0 Å². The van der Waals surface area contributed by atoms with Gasteiger partial charge in [-0.05, 0) is 42.3 Å². The Morgan fingerprint density at radius 1 is 1.19 bits per heavy atom. The molecule has 0 aromatic heterocycles. The topological polar surface area (TPSA) is 82.3 Å². The zero-order chi connectivity index (χ0) is 15.4. The van der Waals surface area contributed by atoms with Gasteiger partial charge in [0.15, 0.2) is 0 Å². The number of rotatable bonds is 4. The molecule has 3 N–H and O–H groups in total. The second-order valence-electron chi connectivity index (χ2n) is 5.39. The van der Waals surface area contributed by atoms with Crippen molar-refractivity contribution in [2.45, 2.75) is 44.3 Å². The average molecular weight is 309 g/mol. The van der Waals surface area contributed by atoms with Gasteiger partial charge in [-0.25, -0.2) is 4.99 Å². The minimum absolute atomic E-state index is 0.135. The van der Waals surface area contributed by atoms with Crippen LogP contribution in [-0.4, -0.2) is 44.9 Å². The predicted octanol–water partition coefficient (Wildman–Crippen LogP) is 1.16. The van der Waals surface area contributed by atoms with Crippen LogP contribution in [0.1, 0.15) is 18.9 Å². The number of isothiocyanates is 1.